The van der Waals surface area contributed by atoms with Gasteiger partial charge in [0.05, 0.1) is 0 Å². The Hall–Kier alpha value is -2.40. The maximum Gasteiger partial charge on any atom is 0.231 e. The third kappa shape index (κ3) is 4.96. The van der Waals surface area contributed by atoms with Gasteiger partial charge in [0, 0.05) is 31.7 Å². The number of amides is 1. The van der Waals surface area contributed by atoms with E-state index in [1.165, 1.54) is 12.0 Å². The summed E-state index contributed by atoms with van der Waals surface area (Å²) in [5, 5.41) is 9.51. The lowest BCUT2D eigenvalue weighted by Gasteiger charge is -2.30. The maximum atomic E-state index is 13.3. The SMILES string of the molecule is O=C(C1CCCCC1)N(CCN1CCC(c2ccc(O)cc2)C1)c1ccccn1. The highest BCUT2D eigenvalue weighted by molar-refractivity contribution is 5.94. The summed E-state index contributed by atoms with van der Waals surface area (Å²) in [5.74, 6) is 1.98. The molecule has 1 aromatic heterocycles. The fraction of sp³-hybridized carbons (Fsp3) is 0.500. The Morgan fingerprint density at radius 3 is 2.59 bits per heavy atom. The highest BCUT2D eigenvalue weighted by atomic mass is 16.3. The number of nitrogens with zero attached hydrogens (tertiary/aromatic N) is 3. The molecule has 5 nitrogen and oxygen atoms in total. The van der Waals surface area contributed by atoms with Crippen molar-refractivity contribution in [2.75, 3.05) is 31.1 Å². The quantitative estimate of drug-likeness (QED) is 0.799. The number of carbonyl (C=O) groups is 1. The number of hydrogen-bond donors (Lipinski definition) is 1. The van der Waals surface area contributed by atoms with Gasteiger partial charge in [-0.25, -0.2) is 4.98 Å². The normalized spacial score (nSPS) is 20.6. The van der Waals surface area contributed by atoms with Crippen LogP contribution >= 0.6 is 0 Å². The molecule has 1 aliphatic heterocycles. The van der Waals surface area contributed by atoms with Gasteiger partial charge in [0.25, 0.3) is 0 Å². The molecule has 1 aromatic carbocycles. The van der Waals surface area contributed by atoms with Crippen molar-refractivity contribution in [3.8, 4) is 5.75 Å². The average molecular weight is 394 g/mol. The Morgan fingerprint density at radius 2 is 1.86 bits per heavy atom. The van der Waals surface area contributed by atoms with Crippen LogP contribution in [0.2, 0.25) is 0 Å². The van der Waals surface area contributed by atoms with Gasteiger partial charge in [0.2, 0.25) is 5.91 Å². The van der Waals surface area contributed by atoms with Crippen molar-refractivity contribution in [3.05, 3.63) is 54.2 Å². The minimum Gasteiger partial charge on any atom is -0.508 e. The molecule has 2 fully saturated rings. The molecule has 2 aromatic rings. The monoisotopic (exact) mass is 393 g/mol. The molecule has 0 spiro atoms. The summed E-state index contributed by atoms with van der Waals surface area (Å²) in [5.41, 5.74) is 1.28. The predicted molar refractivity (Wildman–Crippen MR) is 115 cm³/mol. The van der Waals surface area contributed by atoms with Crippen molar-refractivity contribution in [1.29, 1.82) is 0 Å². The minimum atomic E-state index is 0.147. The van der Waals surface area contributed by atoms with Crippen molar-refractivity contribution in [2.45, 2.75) is 44.4 Å². The van der Waals surface area contributed by atoms with Gasteiger partial charge in [-0.1, -0.05) is 37.5 Å². The Kier molecular flexibility index (Phi) is 6.45. The Labute approximate surface area is 173 Å². The van der Waals surface area contributed by atoms with E-state index in [-0.39, 0.29) is 11.8 Å². The first-order valence-corrected chi connectivity index (χ1v) is 10.9. The zero-order chi connectivity index (χ0) is 20.1. The zero-order valence-electron chi connectivity index (χ0n) is 17.0. The number of pyridine rings is 1. The molecule has 5 heteroatoms. The second-order valence-electron chi connectivity index (χ2n) is 8.39. The number of likely N-dealkylation sites (tertiary alicyclic amines) is 1. The lowest BCUT2D eigenvalue weighted by atomic mass is 9.88. The lowest BCUT2D eigenvalue weighted by molar-refractivity contribution is -0.123. The lowest BCUT2D eigenvalue weighted by Crippen LogP contribution is -2.42. The standard InChI is InChI=1S/C24H31N3O2/c28-22-11-9-19(10-12-22)21-13-15-26(18-21)16-17-27(23-8-4-5-14-25-23)24(29)20-6-2-1-3-7-20/h4-5,8-12,14,20-21,28H,1-3,6-7,13,15-18H2. The van der Waals surface area contributed by atoms with Gasteiger partial charge in [0.1, 0.15) is 11.6 Å². The molecule has 1 amide bonds. The van der Waals surface area contributed by atoms with Crippen LogP contribution in [0, 0.1) is 5.92 Å². The molecular weight excluding hydrogens is 362 g/mol. The van der Waals surface area contributed by atoms with Crippen molar-refractivity contribution in [3.63, 3.8) is 0 Å². The number of aromatic hydroxyl groups is 1. The van der Waals surface area contributed by atoms with Crippen LogP contribution in [0.25, 0.3) is 0 Å². The number of anilines is 1. The van der Waals surface area contributed by atoms with Gasteiger partial charge in [0.15, 0.2) is 0 Å². The first kappa shape index (κ1) is 19.9. The number of hydrogen-bond acceptors (Lipinski definition) is 4. The van der Waals surface area contributed by atoms with E-state index in [2.05, 4.69) is 9.88 Å². The highest BCUT2D eigenvalue weighted by Gasteiger charge is 2.29. The molecule has 0 bridgehead atoms. The molecular formula is C24H31N3O2. The van der Waals surface area contributed by atoms with E-state index in [4.69, 9.17) is 0 Å². The molecule has 1 aliphatic carbocycles. The number of rotatable bonds is 6. The Morgan fingerprint density at radius 1 is 1.07 bits per heavy atom. The van der Waals surface area contributed by atoms with Crippen molar-refractivity contribution in [1.82, 2.24) is 9.88 Å². The van der Waals surface area contributed by atoms with E-state index in [0.717, 1.165) is 57.6 Å². The smallest absolute Gasteiger partial charge is 0.231 e. The second kappa shape index (κ2) is 9.40. The van der Waals surface area contributed by atoms with Gasteiger partial charge >= 0.3 is 0 Å². The molecule has 1 atom stereocenters. The molecule has 1 saturated carbocycles. The highest BCUT2D eigenvalue weighted by Crippen LogP contribution is 2.29. The Bertz CT molecular complexity index is 788. The van der Waals surface area contributed by atoms with E-state index >= 15 is 0 Å². The third-order valence-electron chi connectivity index (χ3n) is 6.42. The van der Waals surface area contributed by atoms with Gasteiger partial charge in [-0.3, -0.25) is 9.69 Å². The predicted octanol–water partition coefficient (Wildman–Crippen LogP) is 4.19. The van der Waals surface area contributed by atoms with Gasteiger partial charge in [-0.2, -0.15) is 0 Å². The van der Waals surface area contributed by atoms with Crippen molar-refractivity contribution >= 4 is 11.7 Å². The molecule has 0 radical (unpaired) electrons. The largest absolute Gasteiger partial charge is 0.508 e. The second-order valence-corrected chi connectivity index (χ2v) is 8.39. The van der Waals surface area contributed by atoms with E-state index in [1.54, 1.807) is 18.3 Å². The first-order valence-electron chi connectivity index (χ1n) is 10.9. The summed E-state index contributed by atoms with van der Waals surface area (Å²) < 4.78 is 0. The van der Waals surface area contributed by atoms with Crippen molar-refractivity contribution in [2.24, 2.45) is 5.92 Å². The van der Waals surface area contributed by atoms with E-state index in [0.29, 0.717) is 18.2 Å². The van der Waals surface area contributed by atoms with E-state index in [1.807, 2.05) is 35.2 Å². The third-order valence-corrected chi connectivity index (χ3v) is 6.42. The molecule has 29 heavy (non-hydrogen) atoms. The molecule has 4 rings (SSSR count). The number of phenolic OH excluding ortho intramolecular Hbond substituents is 1. The van der Waals surface area contributed by atoms with Crippen LogP contribution in [0.15, 0.2) is 48.7 Å². The van der Waals surface area contributed by atoms with E-state index < -0.39 is 0 Å². The fourth-order valence-corrected chi connectivity index (χ4v) is 4.72. The van der Waals surface area contributed by atoms with Gasteiger partial charge < -0.3 is 10.0 Å². The Balaban J connectivity index is 1.39. The number of benzene rings is 1. The summed E-state index contributed by atoms with van der Waals surface area (Å²) >= 11 is 0. The van der Waals surface area contributed by atoms with Crippen LogP contribution in [0.5, 0.6) is 5.75 Å². The molecule has 2 heterocycles. The zero-order valence-corrected chi connectivity index (χ0v) is 17.0. The molecule has 1 unspecified atom stereocenters. The summed E-state index contributed by atoms with van der Waals surface area (Å²) in [6.45, 7) is 3.59. The number of aromatic nitrogens is 1. The van der Waals surface area contributed by atoms with Crippen molar-refractivity contribution < 1.29 is 9.90 Å². The summed E-state index contributed by atoms with van der Waals surface area (Å²) in [4.78, 5) is 22.1. The van der Waals surface area contributed by atoms with Crippen LogP contribution < -0.4 is 4.90 Å². The van der Waals surface area contributed by atoms with Gasteiger partial charge in [-0.05, 0) is 61.6 Å². The van der Waals surface area contributed by atoms with Crippen LogP contribution in [0.3, 0.4) is 0 Å². The van der Waals surface area contributed by atoms with Gasteiger partial charge in [-0.15, -0.1) is 0 Å². The number of phenols is 1. The molecule has 2 aliphatic rings. The average Bonchev–Trinajstić information content (AvgIpc) is 3.24. The molecule has 1 saturated heterocycles. The van der Waals surface area contributed by atoms with Crippen LogP contribution in [0.4, 0.5) is 5.82 Å². The minimum absolute atomic E-state index is 0.147. The number of carbonyl (C=O) groups excluding carboxylic acids is 1. The van der Waals surface area contributed by atoms with Crippen LogP contribution in [-0.2, 0) is 4.79 Å². The first-order chi connectivity index (χ1) is 14.2. The summed E-state index contributed by atoms with van der Waals surface area (Å²) in [6, 6.07) is 13.4. The summed E-state index contributed by atoms with van der Waals surface area (Å²) in [6.07, 6.45) is 8.47. The summed E-state index contributed by atoms with van der Waals surface area (Å²) in [7, 11) is 0. The van der Waals surface area contributed by atoms with Crippen LogP contribution in [0.1, 0.15) is 50.0 Å². The van der Waals surface area contributed by atoms with E-state index in [9.17, 15) is 9.90 Å². The molecule has 154 valence electrons. The fourth-order valence-electron chi connectivity index (χ4n) is 4.72. The van der Waals surface area contributed by atoms with Crippen LogP contribution in [-0.4, -0.2) is 47.1 Å². The maximum absolute atomic E-state index is 13.3. The topological polar surface area (TPSA) is 56.7 Å². The molecule has 1 N–H and O–H groups in total.